The highest BCUT2D eigenvalue weighted by molar-refractivity contribution is 9.10. The molecular weight excluding hydrogens is 402 g/mol. The molecule has 0 bridgehead atoms. The van der Waals surface area contributed by atoms with Gasteiger partial charge in [0.2, 0.25) is 6.43 Å². The molecule has 0 aliphatic heterocycles. The Bertz CT molecular complexity index is 540. The zero-order chi connectivity index (χ0) is 15.3. The van der Waals surface area contributed by atoms with Crippen LogP contribution in [-0.2, 0) is 10.7 Å². The van der Waals surface area contributed by atoms with Crippen LogP contribution in [0.25, 0.3) is 0 Å². The summed E-state index contributed by atoms with van der Waals surface area (Å²) in [6.45, 7) is 0. The summed E-state index contributed by atoms with van der Waals surface area (Å²) in [4.78, 5) is 0. The van der Waals surface area contributed by atoms with E-state index in [0.717, 1.165) is 15.6 Å². The van der Waals surface area contributed by atoms with E-state index in [1.54, 1.807) is 0 Å². The predicted molar refractivity (Wildman–Crippen MR) is 90.1 cm³/mol. The molecule has 112 valence electrons. The smallest absolute Gasteiger partial charge is 0.210 e. The molecule has 1 fully saturated rings. The molecule has 0 unspecified atom stereocenters. The van der Waals surface area contributed by atoms with Crippen molar-refractivity contribution in [3.8, 4) is 0 Å². The maximum atomic E-state index is 13.0. The quantitative estimate of drug-likeness (QED) is 0.512. The molecule has 2 aromatic carbocycles. The van der Waals surface area contributed by atoms with Crippen molar-refractivity contribution in [1.29, 1.82) is 0 Å². The van der Waals surface area contributed by atoms with Gasteiger partial charge in [-0.25, -0.2) is 8.78 Å². The highest BCUT2D eigenvalue weighted by Crippen LogP contribution is 2.54. The SMILES string of the molecule is FC(F)C1(c2cccc(Br)c2CBr)CC1.c1ccccc1. The van der Waals surface area contributed by atoms with Crippen LogP contribution in [0.5, 0.6) is 0 Å². The Kier molecular flexibility index (Phi) is 5.94. The minimum Gasteiger partial charge on any atom is -0.210 e. The second kappa shape index (κ2) is 7.50. The molecule has 2 aromatic rings. The van der Waals surface area contributed by atoms with E-state index in [1.165, 1.54) is 0 Å². The summed E-state index contributed by atoms with van der Waals surface area (Å²) in [5.74, 6) is 0. The van der Waals surface area contributed by atoms with Gasteiger partial charge in [-0.15, -0.1) is 0 Å². The molecule has 21 heavy (non-hydrogen) atoms. The van der Waals surface area contributed by atoms with Crippen LogP contribution in [0.1, 0.15) is 24.0 Å². The maximum Gasteiger partial charge on any atom is 0.248 e. The minimum absolute atomic E-state index is 0.598. The van der Waals surface area contributed by atoms with Crippen molar-refractivity contribution < 1.29 is 8.78 Å². The van der Waals surface area contributed by atoms with E-state index in [2.05, 4.69) is 31.9 Å². The summed E-state index contributed by atoms with van der Waals surface area (Å²) < 4.78 is 26.9. The van der Waals surface area contributed by atoms with Crippen LogP contribution in [0, 0.1) is 0 Å². The van der Waals surface area contributed by atoms with Crippen molar-refractivity contribution >= 4 is 31.9 Å². The Morgan fingerprint density at radius 1 is 0.952 bits per heavy atom. The lowest BCUT2D eigenvalue weighted by molar-refractivity contribution is 0.101. The van der Waals surface area contributed by atoms with Crippen LogP contribution in [0.4, 0.5) is 8.78 Å². The largest absolute Gasteiger partial charge is 0.248 e. The molecular formula is C17H16Br2F2. The van der Waals surface area contributed by atoms with Crippen molar-refractivity contribution in [3.05, 3.63) is 70.2 Å². The maximum absolute atomic E-state index is 13.0. The average Bonchev–Trinajstić information content (AvgIpc) is 3.31. The molecule has 0 amide bonds. The number of benzene rings is 2. The first kappa shape index (κ1) is 16.6. The Labute approximate surface area is 140 Å². The van der Waals surface area contributed by atoms with Gasteiger partial charge >= 0.3 is 0 Å². The van der Waals surface area contributed by atoms with Crippen LogP contribution in [0.15, 0.2) is 59.1 Å². The van der Waals surface area contributed by atoms with Gasteiger partial charge in [0.15, 0.2) is 0 Å². The molecule has 0 nitrogen and oxygen atoms in total. The second-order valence-corrected chi connectivity index (χ2v) is 6.43. The van der Waals surface area contributed by atoms with Crippen molar-refractivity contribution in [1.82, 2.24) is 0 Å². The second-order valence-electron chi connectivity index (χ2n) is 5.01. The Hall–Kier alpha value is -0.740. The van der Waals surface area contributed by atoms with Crippen LogP contribution in [0.2, 0.25) is 0 Å². The van der Waals surface area contributed by atoms with E-state index < -0.39 is 11.8 Å². The number of hydrogen-bond acceptors (Lipinski definition) is 0. The van der Waals surface area contributed by atoms with Crippen molar-refractivity contribution in [2.24, 2.45) is 0 Å². The third-order valence-corrected chi connectivity index (χ3v) is 4.97. The molecule has 4 heteroatoms. The van der Waals surface area contributed by atoms with Gasteiger partial charge < -0.3 is 0 Å². The fourth-order valence-corrected chi connectivity index (χ4v) is 3.77. The number of halogens is 4. The molecule has 1 aliphatic carbocycles. The lowest BCUT2D eigenvalue weighted by atomic mass is 9.92. The van der Waals surface area contributed by atoms with Gasteiger partial charge in [-0.2, -0.15) is 0 Å². The molecule has 0 spiro atoms. The van der Waals surface area contributed by atoms with Gasteiger partial charge in [0, 0.05) is 9.80 Å². The zero-order valence-corrected chi connectivity index (χ0v) is 14.6. The zero-order valence-electron chi connectivity index (χ0n) is 11.4. The first-order valence-corrected chi connectivity index (χ1v) is 8.65. The molecule has 0 atom stereocenters. The first-order chi connectivity index (χ1) is 10.1. The first-order valence-electron chi connectivity index (χ1n) is 6.74. The van der Waals surface area contributed by atoms with Crippen LogP contribution < -0.4 is 0 Å². The summed E-state index contributed by atoms with van der Waals surface area (Å²) in [5.41, 5.74) is 0.881. The molecule has 0 heterocycles. The highest BCUT2D eigenvalue weighted by Gasteiger charge is 2.53. The Balaban J connectivity index is 0.000000225. The van der Waals surface area contributed by atoms with E-state index >= 15 is 0 Å². The lowest BCUT2D eigenvalue weighted by Crippen LogP contribution is -2.19. The van der Waals surface area contributed by atoms with Gasteiger partial charge in [-0.1, -0.05) is 80.4 Å². The van der Waals surface area contributed by atoms with Crippen LogP contribution in [-0.4, -0.2) is 6.43 Å². The lowest BCUT2D eigenvalue weighted by Gasteiger charge is -2.18. The standard InChI is InChI=1S/C11H10Br2F2.C6H6/c12-6-7-8(2-1-3-9(7)13)11(4-5-11)10(14)15;1-2-4-6-5-3-1/h1-3,10H,4-6H2;1-6H. The van der Waals surface area contributed by atoms with Crippen molar-refractivity contribution in [2.45, 2.75) is 30.0 Å². The fraction of sp³-hybridized carbons (Fsp3) is 0.294. The molecule has 0 saturated heterocycles. The van der Waals surface area contributed by atoms with Gasteiger partial charge in [0.05, 0.1) is 5.41 Å². The number of hydrogen-bond donors (Lipinski definition) is 0. The van der Waals surface area contributed by atoms with Crippen LogP contribution in [0.3, 0.4) is 0 Å². The molecule has 1 saturated carbocycles. The fourth-order valence-electron chi connectivity index (χ4n) is 2.29. The predicted octanol–water partition coefficient (Wildman–Crippen LogP) is 6.33. The minimum atomic E-state index is -2.26. The van der Waals surface area contributed by atoms with Gasteiger partial charge in [-0.05, 0) is 30.0 Å². The Morgan fingerprint density at radius 3 is 1.86 bits per heavy atom. The van der Waals surface area contributed by atoms with Gasteiger partial charge in [-0.3, -0.25) is 0 Å². The van der Waals surface area contributed by atoms with Crippen molar-refractivity contribution in [2.75, 3.05) is 0 Å². The summed E-state index contributed by atoms with van der Waals surface area (Å²) >= 11 is 6.76. The highest BCUT2D eigenvalue weighted by atomic mass is 79.9. The number of rotatable bonds is 3. The molecule has 1 aliphatic rings. The van der Waals surface area contributed by atoms with Gasteiger partial charge in [0.25, 0.3) is 0 Å². The monoisotopic (exact) mass is 416 g/mol. The van der Waals surface area contributed by atoms with E-state index in [9.17, 15) is 8.78 Å². The van der Waals surface area contributed by atoms with E-state index in [1.807, 2.05) is 54.6 Å². The molecule has 0 N–H and O–H groups in total. The molecule has 3 rings (SSSR count). The third kappa shape index (κ3) is 3.92. The van der Waals surface area contributed by atoms with E-state index in [4.69, 9.17) is 0 Å². The van der Waals surface area contributed by atoms with Crippen molar-refractivity contribution in [3.63, 3.8) is 0 Å². The van der Waals surface area contributed by atoms with Crippen LogP contribution >= 0.6 is 31.9 Å². The summed E-state index contributed by atoms with van der Waals surface area (Å²) in [6, 6.07) is 17.5. The topological polar surface area (TPSA) is 0 Å². The normalized spacial score (nSPS) is 15.3. The average molecular weight is 418 g/mol. The number of alkyl halides is 3. The Morgan fingerprint density at radius 2 is 1.48 bits per heavy atom. The summed E-state index contributed by atoms with van der Waals surface area (Å²) in [5, 5.41) is 0.609. The molecule has 0 aromatic heterocycles. The van der Waals surface area contributed by atoms with E-state index in [0.29, 0.717) is 18.2 Å². The summed E-state index contributed by atoms with van der Waals surface area (Å²) in [7, 11) is 0. The van der Waals surface area contributed by atoms with Gasteiger partial charge in [0.1, 0.15) is 0 Å². The molecule has 0 radical (unpaired) electrons. The summed E-state index contributed by atoms with van der Waals surface area (Å²) in [6.07, 6.45) is -1.06. The third-order valence-electron chi connectivity index (χ3n) is 3.66. The van der Waals surface area contributed by atoms with E-state index in [-0.39, 0.29) is 0 Å².